The molecule has 22 heavy (non-hydrogen) atoms. The number of anilines is 1. The number of hydrogen-bond acceptors (Lipinski definition) is 3. The van der Waals surface area contributed by atoms with Crippen molar-refractivity contribution in [3.05, 3.63) is 53.6 Å². The van der Waals surface area contributed by atoms with Crippen LogP contribution in [0.25, 0.3) is 0 Å². The van der Waals surface area contributed by atoms with Gasteiger partial charge in [0.05, 0.1) is 20.6 Å². The van der Waals surface area contributed by atoms with E-state index in [1.807, 2.05) is 37.3 Å². The third kappa shape index (κ3) is 3.58. The van der Waals surface area contributed by atoms with Crippen molar-refractivity contribution in [2.45, 2.75) is 13.3 Å². The lowest BCUT2D eigenvalue weighted by atomic mass is 10.1. The zero-order valence-corrected chi connectivity index (χ0v) is 13.4. The van der Waals surface area contributed by atoms with Crippen molar-refractivity contribution in [2.75, 3.05) is 26.2 Å². The Morgan fingerprint density at radius 3 is 2.23 bits per heavy atom. The first kappa shape index (κ1) is 15.9. The zero-order valence-electron chi connectivity index (χ0n) is 13.4. The van der Waals surface area contributed by atoms with Crippen LogP contribution in [0.2, 0.25) is 0 Å². The van der Waals surface area contributed by atoms with E-state index in [1.54, 1.807) is 38.3 Å². The minimum Gasteiger partial charge on any atom is -0.493 e. The van der Waals surface area contributed by atoms with Gasteiger partial charge in [-0.2, -0.15) is 0 Å². The maximum atomic E-state index is 12.4. The van der Waals surface area contributed by atoms with E-state index in [4.69, 9.17) is 9.47 Å². The SMILES string of the molecule is COc1ccc(N(C)C(=O)Cc2ccc(C)cc2)cc1OC. The molecule has 0 heterocycles. The maximum Gasteiger partial charge on any atom is 0.231 e. The van der Waals surface area contributed by atoms with Gasteiger partial charge in [-0.15, -0.1) is 0 Å². The number of benzene rings is 2. The van der Waals surface area contributed by atoms with Gasteiger partial charge in [-0.1, -0.05) is 29.8 Å². The number of carbonyl (C=O) groups is 1. The second-order valence-electron chi connectivity index (χ2n) is 5.15. The van der Waals surface area contributed by atoms with Crippen molar-refractivity contribution in [3.63, 3.8) is 0 Å². The molecule has 0 bridgehead atoms. The minimum atomic E-state index is 0.0241. The molecule has 2 rings (SSSR count). The molecule has 4 nitrogen and oxygen atoms in total. The fraction of sp³-hybridized carbons (Fsp3) is 0.278. The highest BCUT2D eigenvalue weighted by atomic mass is 16.5. The van der Waals surface area contributed by atoms with Crippen molar-refractivity contribution in [1.82, 2.24) is 0 Å². The normalized spacial score (nSPS) is 10.2. The summed E-state index contributed by atoms with van der Waals surface area (Å²) in [5.74, 6) is 1.27. The highest BCUT2D eigenvalue weighted by molar-refractivity contribution is 5.94. The van der Waals surface area contributed by atoms with Crippen LogP contribution in [0, 0.1) is 6.92 Å². The summed E-state index contributed by atoms with van der Waals surface area (Å²) in [5, 5.41) is 0. The molecule has 0 radical (unpaired) electrons. The first-order valence-corrected chi connectivity index (χ1v) is 7.09. The molecule has 116 valence electrons. The van der Waals surface area contributed by atoms with E-state index in [2.05, 4.69) is 0 Å². The summed E-state index contributed by atoms with van der Waals surface area (Å²) < 4.78 is 10.5. The summed E-state index contributed by atoms with van der Waals surface area (Å²) in [4.78, 5) is 14.0. The third-order valence-electron chi connectivity index (χ3n) is 3.60. The Bertz CT molecular complexity index is 650. The molecule has 1 amide bonds. The summed E-state index contributed by atoms with van der Waals surface area (Å²) in [5.41, 5.74) is 2.96. The van der Waals surface area contributed by atoms with E-state index in [0.717, 1.165) is 11.3 Å². The maximum absolute atomic E-state index is 12.4. The Kier molecular flexibility index (Phi) is 5.04. The van der Waals surface area contributed by atoms with E-state index < -0.39 is 0 Å². The summed E-state index contributed by atoms with van der Waals surface area (Å²) in [7, 11) is 4.93. The average molecular weight is 299 g/mol. The Hall–Kier alpha value is -2.49. The van der Waals surface area contributed by atoms with Gasteiger partial charge in [0.15, 0.2) is 11.5 Å². The van der Waals surface area contributed by atoms with Gasteiger partial charge in [0.2, 0.25) is 5.91 Å². The van der Waals surface area contributed by atoms with Crippen LogP contribution in [0.4, 0.5) is 5.69 Å². The van der Waals surface area contributed by atoms with E-state index in [-0.39, 0.29) is 5.91 Å². The van der Waals surface area contributed by atoms with Crippen LogP contribution in [-0.4, -0.2) is 27.2 Å². The number of rotatable bonds is 5. The van der Waals surface area contributed by atoms with Gasteiger partial charge in [0, 0.05) is 18.8 Å². The number of amides is 1. The van der Waals surface area contributed by atoms with E-state index in [0.29, 0.717) is 17.9 Å². The Morgan fingerprint density at radius 2 is 1.64 bits per heavy atom. The molecule has 2 aromatic rings. The number of nitrogens with zero attached hydrogens (tertiary/aromatic N) is 1. The van der Waals surface area contributed by atoms with Crippen LogP contribution in [-0.2, 0) is 11.2 Å². The predicted molar refractivity (Wildman–Crippen MR) is 87.8 cm³/mol. The minimum absolute atomic E-state index is 0.0241. The lowest BCUT2D eigenvalue weighted by molar-refractivity contribution is -0.117. The van der Waals surface area contributed by atoms with Gasteiger partial charge < -0.3 is 14.4 Å². The largest absolute Gasteiger partial charge is 0.493 e. The molecule has 0 fully saturated rings. The smallest absolute Gasteiger partial charge is 0.231 e. The van der Waals surface area contributed by atoms with Gasteiger partial charge in [0.25, 0.3) is 0 Å². The number of hydrogen-bond donors (Lipinski definition) is 0. The van der Waals surface area contributed by atoms with Crippen molar-refractivity contribution < 1.29 is 14.3 Å². The van der Waals surface area contributed by atoms with Gasteiger partial charge in [-0.25, -0.2) is 0 Å². The van der Waals surface area contributed by atoms with Crippen molar-refractivity contribution in [2.24, 2.45) is 0 Å². The molecule has 0 saturated carbocycles. The molecule has 2 aromatic carbocycles. The predicted octanol–water partition coefficient (Wildman–Crippen LogP) is 3.22. The monoisotopic (exact) mass is 299 g/mol. The Morgan fingerprint density at radius 1 is 1.00 bits per heavy atom. The standard InChI is InChI=1S/C18H21NO3/c1-13-5-7-14(8-6-13)11-18(20)19(2)15-9-10-16(21-3)17(12-15)22-4/h5-10,12H,11H2,1-4H3. The van der Waals surface area contributed by atoms with Crippen LogP contribution < -0.4 is 14.4 Å². The van der Waals surface area contributed by atoms with Gasteiger partial charge in [-0.05, 0) is 24.6 Å². The number of likely N-dealkylation sites (N-methyl/N-ethyl adjacent to an activating group) is 1. The van der Waals surface area contributed by atoms with E-state index in [9.17, 15) is 4.79 Å². The molecule has 0 atom stereocenters. The van der Waals surface area contributed by atoms with Crippen LogP contribution >= 0.6 is 0 Å². The molecule has 0 N–H and O–H groups in total. The van der Waals surface area contributed by atoms with Crippen molar-refractivity contribution in [3.8, 4) is 11.5 Å². The van der Waals surface area contributed by atoms with Crippen molar-refractivity contribution in [1.29, 1.82) is 0 Å². The Balaban J connectivity index is 2.14. The third-order valence-corrected chi connectivity index (χ3v) is 3.60. The fourth-order valence-electron chi connectivity index (χ4n) is 2.18. The quantitative estimate of drug-likeness (QED) is 0.851. The highest BCUT2D eigenvalue weighted by Crippen LogP contribution is 2.31. The summed E-state index contributed by atoms with van der Waals surface area (Å²) >= 11 is 0. The number of aryl methyl sites for hydroxylation is 1. The average Bonchev–Trinajstić information content (AvgIpc) is 2.55. The van der Waals surface area contributed by atoms with Crippen LogP contribution in [0.15, 0.2) is 42.5 Å². The summed E-state index contributed by atoms with van der Waals surface area (Å²) in [6.45, 7) is 2.03. The Labute approximate surface area is 131 Å². The molecule has 0 aliphatic rings. The molecule has 0 saturated heterocycles. The topological polar surface area (TPSA) is 38.8 Å². The fourth-order valence-corrected chi connectivity index (χ4v) is 2.18. The number of ether oxygens (including phenoxy) is 2. The molecule has 0 aliphatic carbocycles. The zero-order chi connectivity index (χ0) is 16.1. The summed E-state index contributed by atoms with van der Waals surface area (Å²) in [6, 6.07) is 13.4. The van der Waals surface area contributed by atoms with Gasteiger partial charge >= 0.3 is 0 Å². The first-order chi connectivity index (χ1) is 10.5. The number of methoxy groups -OCH3 is 2. The molecule has 4 heteroatoms. The highest BCUT2D eigenvalue weighted by Gasteiger charge is 2.14. The van der Waals surface area contributed by atoms with Gasteiger partial charge in [0.1, 0.15) is 0 Å². The molecule has 0 aromatic heterocycles. The van der Waals surface area contributed by atoms with Crippen molar-refractivity contribution >= 4 is 11.6 Å². The number of carbonyl (C=O) groups excluding carboxylic acids is 1. The molecule has 0 unspecified atom stereocenters. The summed E-state index contributed by atoms with van der Waals surface area (Å²) in [6.07, 6.45) is 0.366. The second kappa shape index (κ2) is 6.98. The molecule has 0 spiro atoms. The lowest BCUT2D eigenvalue weighted by Crippen LogP contribution is -2.27. The van der Waals surface area contributed by atoms with E-state index in [1.165, 1.54) is 5.56 Å². The van der Waals surface area contributed by atoms with Crippen LogP contribution in [0.5, 0.6) is 11.5 Å². The molecular weight excluding hydrogens is 278 g/mol. The van der Waals surface area contributed by atoms with Crippen LogP contribution in [0.1, 0.15) is 11.1 Å². The molecule has 0 aliphatic heterocycles. The van der Waals surface area contributed by atoms with E-state index >= 15 is 0 Å². The first-order valence-electron chi connectivity index (χ1n) is 7.09. The second-order valence-corrected chi connectivity index (χ2v) is 5.15. The lowest BCUT2D eigenvalue weighted by Gasteiger charge is -2.19. The molecular formula is C18H21NO3. The van der Waals surface area contributed by atoms with Gasteiger partial charge in [-0.3, -0.25) is 4.79 Å². The van der Waals surface area contributed by atoms with Crippen LogP contribution in [0.3, 0.4) is 0 Å².